The van der Waals surface area contributed by atoms with E-state index in [2.05, 4.69) is 14.6 Å². The molecule has 2 aromatic carbocycles. The van der Waals surface area contributed by atoms with Gasteiger partial charge in [-0.25, -0.2) is 9.59 Å². The van der Waals surface area contributed by atoms with Crippen molar-refractivity contribution < 1.29 is 29.1 Å². The zero-order valence-electron chi connectivity index (χ0n) is 15.6. The summed E-state index contributed by atoms with van der Waals surface area (Å²) in [6, 6.07) is 13.0. The lowest BCUT2D eigenvalue weighted by Crippen LogP contribution is -2.02. The fourth-order valence-electron chi connectivity index (χ4n) is 1.98. The Kier molecular flexibility index (Phi) is 8.38. The third-order valence-electron chi connectivity index (χ3n) is 3.59. The minimum absolute atomic E-state index is 0.0172. The quantitative estimate of drug-likeness (QED) is 0.291. The first-order chi connectivity index (χ1) is 12.8. The van der Waals surface area contributed by atoms with E-state index in [0.29, 0.717) is 22.4 Å². The van der Waals surface area contributed by atoms with Crippen LogP contribution in [-0.2, 0) is 9.47 Å². The van der Waals surface area contributed by atoms with E-state index in [1.54, 1.807) is 55.5 Å². The number of Topliss-reactive ketones (excluding diaryl/α,β-unsaturated/α-hetero) is 1. The van der Waals surface area contributed by atoms with Crippen LogP contribution in [0.1, 0.15) is 50.5 Å². The van der Waals surface area contributed by atoms with Gasteiger partial charge in [0.2, 0.25) is 0 Å². The average molecular weight is 371 g/mol. The Morgan fingerprint density at radius 1 is 0.704 bits per heavy atom. The first-order valence-corrected chi connectivity index (χ1v) is 7.90. The molecule has 7 heteroatoms. The van der Waals surface area contributed by atoms with Gasteiger partial charge in [0.1, 0.15) is 0 Å². The van der Waals surface area contributed by atoms with Crippen LogP contribution in [-0.4, -0.2) is 42.9 Å². The monoisotopic (exact) mass is 371 g/mol. The topological polar surface area (TPSA) is 102 Å². The molecule has 0 bridgehead atoms. The zero-order chi connectivity index (χ0) is 20.4. The van der Waals surface area contributed by atoms with Gasteiger partial charge in [0.05, 0.1) is 31.1 Å². The molecule has 1 N–H and O–H groups in total. The van der Waals surface area contributed by atoms with Crippen LogP contribution in [0, 0.1) is 0 Å². The van der Waals surface area contributed by atoms with Crippen LogP contribution in [0.15, 0.2) is 53.7 Å². The van der Waals surface area contributed by atoms with Gasteiger partial charge in [-0.15, -0.1) is 0 Å². The lowest BCUT2D eigenvalue weighted by Gasteiger charge is -2.00. The maximum absolute atomic E-state index is 11.1. The minimum atomic E-state index is -0.393. The largest absolute Gasteiger partial charge is 0.465 e. The van der Waals surface area contributed by atoms with Crippen molar-refractivity contribution in [2.75, 3.05) is 14.2 Å². The van der Waals surface area contributed by atoms with Crippen molar-refractivity contribution in [3.63, 3.8) is 0 Å². The Hall–Kier alpha value is -3.48. The number of esters is 2. The Morgan fingerprint density at radius 2 is 1.04 bits per heavy atom. The molecule has 2 rings (SSSR count). The first kappa shape index (κ1) is 21.6. The number of ether oxygens (including phenoxy) is 2. The molecule has 0 radical (unpaired) electrons. The van der Waals surface area contributed by atoms with Crippen molar-refractivity contribution in [3.05, 3.63) is 70.8 Å². The number of nitrogens with zero attached hydrogens (tertiary/aromatic N) is 1. The summed E-state index contributed by atoms with van der Waals surface area (Å²) in [5.41, 5.74) is 2.78. The fraction of sp³-hybridized carbons (Fsp3) is 0.200. The number of rotatable bonds is 4. The SMILES string of the molecule is COC(=O)c1ccc(C(C)=NO)cc1.COC(=O)c1ccc(C(C)=O)cc1. The van der Waals surface area contributed by atoms with E-state index < -0.39 is 5.97 Å². The molecule has 0 amide bonds. The molecule has 0 heterocycles. The van der Waals surface area contributed by atoms with Gasteiger partial charge in [0, 0.05) is 5.56 Å². The molecule has 7 nitrogen and oxygen atoms in total. The summed E-state index contributed by atoms with van der Waals surface area (Å²) in [4.78, 5) is 32.9. The van der Waals surface area contributed by atoms with Crippen LogP contribution in [0.3, 0.4) is 0 Å². The Labute approximate surface area is 157 Å². The lowest BCUT2D eigenvalue weighted by molar-refractivity contribution is 0.0592. The van der Waals surface area contributed by atoms with E-state index in [9.17, 15) is 14.4 Å². The molecule has 0 aromatic heterocycles. The number of oxime groups is 1. The van der Waals surface area contributed by atoms with Crippen molar-refractivity contribution in [2.45, 2.75) is 13.8 Å². The van der Waals surface area contributed by atoms with E-state index in [4.69, 9.17) is 5.21 Å². The molecule has 0 aliphatic carbocycles. The normalized spacial score (nSPS) is 10.3. The van der Waals surface area contributed by atoms with Crippen molar-refractivity contribution in [1.82, 2.24) is 0 Å². The number of methoxy groups -OCH3 is 2. The van der Waals surface area contributed by atoms with Gasteiger partial charge in [0.15, 0.2) is 5.78 Å². The molecule has 0 saturated heterocycles. The number of carbonyl (C=O) groups is 3. The molecule has 0 saturated carbocycles. The second-order valence-corrected chi connectivity index (χ2v) is 5.38. The average Bonchev–Trinajstić information content (AvgIpc) is 2.72. The summed E-state index contributed by atoms with van der Waals surface area (Å²) in [5.74, 6) is -0.790. The van der Waals surface area contributed by atoms with Crippen LogP contribution in [0.4, 0.5) is 0 Å². The van der Waals surface area contributed by atoms with Gasteiger partial charge in [-0.3, -0.25) is 4.79 Å². The first-order valence-electron chi connectivity index (χ1n) is 7.90. The Morgan fingerprint density at radius 3 is 1.33 bits per heavy atom. The second-order valence-electron chi connectivity index (χ2n) is 5.38. The van der Waals surface area contributed by atoms with Crippen molar-refractivity contribution in [1.29, 1.82) is 0 Å². The highest BCUT2D eigenvalue weighted by Gasteiger charge is 2.06. The third kappa shape index (κ3) is 6.39. The highest BCUT2D eigenvalue weighted by atomic mass is 16.5. The van der Waals surface area contributed by atoms with Crippen LogP contribution >= 0.6 is 0 Å². The predicted octanol–water partition coefficient (Wildman–Crippen LogP) is 3.35. The Balaban J connectivity index is 0.000000271. The fourth-order valence-corrected chi connectivity index (χ4v) is 1.98. The van der Waals surface area contributed by atoms with Crippen LogP contribution in [0.25, 0.3) is 0 Å². The van der Waals surface area contributed by atoms with Crippen LogP contribution in [0.2, 0.25) is 0 Å². The number of carbonyl (C=O) groups excluding carboxylic acids is 3. The van der Waals surface area contributed by atoms with Gasteiger partial charge >= 0.3 is 11.9 Å². The summed E-state index contributed by atoms with van der Waals surface area (Å²) in [7, 11) is 2.65. The summed E-state index contributed by atoms with van der Waals surface area (Å²) < 4.78 is 9.06. The molecule has 0 spiro atoms. The highest BCUT2D eigenvalue weighted by molar-refractivity contribution is 5.99. The lowest BCUT2D eigenvalue weighted by atomic mass is 10.1. The number of hydrogen-bond acceptors (Lipinski definition) is 7. The molecule has 0 aliphatic heterocycles. The second kappa shape index (κ2) is 10.5. The van der Waals surface area contributed by atoms with E-state index in [1.165, 1.54) is 21.1 Å². The minimum Gasteiger partial charge on any atom is -0.465 e. The molecule has 0 fully saturated rings. The summed E-state index contributed by atoms with van der Waals surface area (Å²) in [5, 5.41) is 11.6. The van der Waals surface area contributed by atoms with Crippen LogP contribution < -0.4 is 0 Å². The smallest absolute Gasteiger partial charge is 0.337 e. The molecule has 0 aliphatic rings. The van der Waals surface area contributed by atoms with Gasteiger partial charge in [-0.2, -0.15) is 0 Å². The predicted molar refractivity (Wildman–Crippen MR) is 99.6 cm³/mol. The van der Waals surface area contributed by atoms with Gasteiger partial charge in [0.25, 0.3) is 0 Å². The zero-order valence-corrected chi connectivity index (χ0v) is 15.6. The van der Waals surface area contributed by atoms with Gasteiger partial charge in [-0.05, 0) is 43.7 Å². The van der Waals surface area contributed by atoms with Gasteiger partial charge < -0.3 is 14.7 Å². The van der Waals surface area contributed by atoms with Crippen molar-refractivity contribution in [2.24, 2.45) is 5.16 Å². The van der Waals surface area contributed by atoms with E-state index in [-0.39, 0.29) is 11.8 Å². The van der Waals surface area contributed by atoms with Crippen molar-refractivity contribution in [3.8, 4) is 0 Å². The summed E-state index contributed by atoms with van der Waals surface area (Å²) in [6.45, 7) is 3.15. The van der Waals surface area contributed by atoms with E-state index in [0.717, 1.165) is 5.56 Å². The number of benzene rings is 2. The summed E-state index contributed by atoms with van der Waals surface area (Å²) >= 11 is 0. The maximum atomic E-state index is 11.1. The van der Waals surface area contributed by atoms with Crippen LogP contribution in [0.5, 0.6) is 0 Å². The Bertz CT molecular complexity index is 823. The standard InChI is InChI=1S/C10H11NO3.C10H10O3/c1-7(11-13)8-3-5-9(6-4-8)10(12)14-2;1-7(11)8-3-5-9(6-4-8)10(12)13-2/h3-6,13H,1-2H3;3-6H,1-2H3. The molecule has 142 valence electrons. The molecular formula is C20H21NO6. The molecule has 2 aromatic rings. The maximum Gasteiger partial charge on any atom is 0.337 e. The number of hydrogen-bond donors (Lipinski definition) is 1. The van der Waals surface area contributed by atoms with Gasteiger partial charge in [-0.1, -0.05) is 29.4 Å². The molecular weight excluding hydrogens is 350 g/mol. The molecule has 27 heavy (non-hydrogen) atoms. The summed E-state index contributed by atoms with van der Waals surface area (Å²) in [6.07, 6.45) is 0. The van der Waals surface area contributed by atoms with E-state index >= 15 is 0 Å². The van der Waals surface area contributed by atoms with Crippen molar-refractivity contribution >= 4 is 23.4 Å². The molecule has 0 atom stereocenters. The highest BCUT2D eigenvalue weighted by Crippen LogP contribution is 2.07. The molecule has 0 unspecified atom stereocenters. The van der Waals surface area contributed by atoms with E-state index in [1.807, 2.05) is 0 Å². The number of ketones is 1. The third-order valence-corrected chi connectivity index (χ3v) is 3.59.